The Morgan fingerprint density at radius 1 is 1.33 bits per heavy atom. The quantitative estimate of drug-likeness (QED) is 0.461. The highest BCUT2D eigenvalue weighted by molar-refractivity contribution is 5.88. The second kappa shape index (κ2) is 9.34. The fourth-order valence-electron chi connectivity index (χ4n) is 3.58. The lowest BCUT2D eigenvalue weighted by molar-refractivity contribution is 0.110. The maximum absolute atomic E-state index is 11.8. The van der Waals surface area contributed by atoms with E-state index in [0.717, 1.165) is 11.1 Å². The van der Waals surface area contributed by atoms with Gasteiger partial charge in [-0.15, -0.1) is 5.10 Å². The van der Waals surface area contributed by atoms with Crippen LogP contribution >= 0.6 is 0 Å². The van der Waals surface area contributed by atoms with Crippen molar-refractivity contribution in [3.63, 3.8) is 0 Å². The second-order valence-electron chi connectivity index (χ2n) is 7.28. The van der Waals surface area contributed by atoms with Gasteiger partial charge in [-0.25, -0.2) is 9.31 Å². The van der Waals surface area contributed by atoms with Crippen LogP contribution in [0.2, 0.25) is 0 Å². The summed E-state index contributed by atoms with van der Waals surface area (Å²) in [6, 6.07) is 7.33. The first-order chi connectivity index (χ1) is 14.7. The molecule has 2 N–H and O–H groups in total. The molecule has 0 atom stereocenters. The molecule has 156 valence electrons. The molecule has 1 aliphatic rings. The topological polar surface area (TPSA) is 106 Å². The SMILES string of the molecule is CCNC(=O)Nc1nc2cc(-c3cccnc3)cc(/C=N/OCC3CCCC3)n2n1. The number of nitrogens with zero attached hydrogens (tertiary/aromatic N) is 5. The Kier molecular flexibility index (Phi) is 6.17. The van der Waals surface area contributed by atoms with Crippen LogP contribution < -0.4 is 10.6 Å². The van der Waals surface area contributed by atoms with Crippen molar-refractivity contribution < 1.29 is 9.63 Å². The van der Waals surface area contributed by atoms with Crippen LogP contribution in [0.5, 0.6) is 0 Å². The molecule has 3 aromatic heterocycles. The second-order valence-corrected chi connectivity index (χ2v) is 7.28. The van der Waals surface area contributed by atoms with Crippen molar-refractivity contribution in [2.24, 2.45) is 11.1 Å². The van der Waals surface area contributed by atoms with E-state index in [2.05, 4.69) is 30.9 Å². The Bertz CT molecular complexity index is 1030. The van der Waals surface area contributed by atoms with E-state index in [4.69, 9.17) is 4.84 Å². The maximum Gasteiger partial charge on any atom is 0.321 e. The van der Waals surface area contributed by atoms with E-state index < -0.39 is 0 Å². The number of nitrogens with one attached hydrogen (secondary N) is 2. The van der Waals surface area contributed by atoms with Crippen LogP contribution in [0.1, 0.15) is 38.3 Å². The molecule has 1 aliphatic carbocycles. The number of oxime groups is 1. The zero-order chi connectivity index (χ0) is 20.8. The third-order valence-corrected chi connectivity index (χ3v) is 5.07. The van der Waals surface area contributed by atoms with Gasteiger partial charge in [-0.1, -0.05) is 24.1 Å². The van der Waals surface area contributed by atoms with Gasteiger partial charge in [-0.3, -0.25) is 10.3 Å². The predicted octanol–water partition coefficient (Wildman–Crippen LogP) is 3.47. The first-order valence-corrected chi connectivity index (χ1v) is 10.2. The summed E-state index contributed by atoms with van der Waals surface area (Å²) in [5.74, 6) is 0.800. The number of carbonyl (C=O) groups excluding carboxylic acids is 1. The number of anilines is 1. The molecule has 9 nitrogen and oxygen atoms in total. The third kappa shape index (κ3) is 4.73. The normalized spacial score (nSPS) is 14.4. The molecule has 0 unspecified atom stereocenters. The molecular formula is C21H25N7O2. The molecular weight excluding hydrogens is 382 g/mol. The van der Waals surface area contributed by atoms with Crippen molar-refractivity contribution in [1.29, 1.82) is 0 Å². The predicted molar refractivity (Wildman–Crippen MR) is 114 cm³/mol. The minimum absolute atomic E-state index is 0.214. The highest BCUT2D eigenvalue weighted by atomic mass is 16.6. The fourth-order valence-corrected chi connectivity index (χ4v) is 3.58. The minimum Gasteiger partial charge on any atom is -0.395 e. The molecule has 0 saturated heterocycles. The molecule has 30 heavy (non-hydrogen) atoms. The summed E-state index contributed by atoms with van der Waals surface area (Å²) in [7, 11) is 0. The van der Waals surface area contributed by atoms with Gasteiger partial charge in [0.1, 0.15) is 6.61 Å². The summed E-state index contributed by atoms with van der Waals surface area (Å²) in [5, 5.41) is 13.9. The standard InChI is InChI=1S/C21H25N7O2/c1-2-23-21(29)26-20-25-19-11-17(16-8-5-9-22-12-16)10-18(28(19)27-20)13-24-30-14-15-6-3-4-7-15/h5,8-13,15H,2-4,6-7,14H2,1H3,(H2,23,26,27,29)/b24-13+. The van der Waals surface area contributed by atoms with E-state index in [1.807, 2.05) is 31.2 Å². The Hall–Kier alpha value is -3.49. The van der Waals surface area contributed by atoms with Gasteiger partial charge in [0, 0.05) is 24.5 Å². The summed E-state index contributed by atoms with van der Waals surface area (Å²) >= 11 is 0. The van der Waals surface area contributed by atoms with Crippen LogP contribution in [-0.2, 0) is 4.84 Å². The minimum atomic E-state index is -0.351. The zero-order valence-electron chi connectivity index (χ0n) is 16.9. The van der Waals surface area contributed by atoms with Crippen LogP contribution in [0.25, 0.3) is 16.8 Å². The fraction of sp³-hybridized carbons (Fsp3) is 0.381. The lowest BCUT2D eigenvalue weighted by Gasteiger charge is -2.07. The van der Waals surface area contributed by atoms with Gasteiger partial charge in [-0.2, -0.15) is 4.98 Å². The molecule has 0 aliphatic heterocycles. The van der Waals surface area contributed by atoms with Crippen LogP contribution in [-0.4, -0.2) is 45.0 Å². The number of amides is 2. The van der Waals surface area contributed by atoms with E-state index in [9.17, 15) is 4.79 Å². The number of hydrogen-bond donors (Lipinski definition) is 2. The zero-order valence-corrected chi connectivity index (χ0v) is 16.9. The van der Waals surface area contributed by atoms with Crippen molar-refractivity contribution in [2.75, 3.05) is 18.5 Å². The Morgan fingerprint density at radius 3 is 2.97 bits per heavy atom. The van der Waals surface area contributed by atoms with E-state index in [0.29, 0.717) is 30.4 Å². The lowest BCUT2D eigenvalue weighted by Crippen LogP contribution is -2.28. The average molecular weight is 407 g/mol. The van der Waals surface area contributed by atoms with Crippen molar-refractivity contribution in [3.8, 4) is 11.1 Å². The van der Waals surface area contributed by atoms with Gasteiger partial charge in [0.2, 0.25) is 0 Å². The molecule has 1 fully saturated rings. The monoisotopic (exact) mass is 407 g/mol. The van der Waals surface area contributed by atoms with Gasteiger partial charge >= 0.3 is 6.03 Å². The molecule has 4 rings (SSSR count). The van der Waals surface area contributed by atoms with Gasteiger partial charge in [0.25, 0.3) is 5.95 Å². The average Bonchev–Trinajstić information content (AvgIpc) is 3.41. The first kappa shape index (κ1) is 19.8. The van der Waals surface area contributed by atoms with Crippen LogP contribution in [0.3, 0.4) is 0 Å². The molecule has 3 heterocycles. The Labute approximate surface area is 174 Å². The molecule has 2 amide bonds. The van der Waals surface area contributed by atoms with Crippen molar-refractivity contribution in [1.82, 2.24) is 24.9 Å². The molecule has 9 heteroatoms. The Morgan fingerprint density at radius 2 is 2.20 bits per heavy atom. The number of fused-ring (bicyclic) bond motifs is 1. The molecule has 0 radical (unpaired) electrons. The van der Waals surface area contributed by atoms with E-state index in [1.165, 1.54) is 25.7 Å². The molecule has 3 aromatic rings. The van der Waals surface area contributed by atoms with Crippen molar-refractivity contribution in [3.05, 3.63) is 42.4 Å². The number of hydrogen-bond acceptors (Lipinski definition) is 6. The molecule has 0 spiro atoms. The number of rotatable bonds is 7. The smallest absolute Gasteiger partial charge is 0.321 e. The van der Waals surface area contributed by atoms with E-state index >= 15 is 0 Å². The highest BCUT2D eigenvalue weighted by Gasteiger charge is 2.15. The molecule has 1 saturated carbocycles. The van der Waals surface area contributed by atoms with Crippen LogP contribution in [0, 0.1) is 5.92 Å². The molecule has 0 aromatic carbocycles. The summed E-state index contributed by atoms with van der Waals surface area (Å²) in [5.41, 5.74) is 3.14. The first-order valence-electron chi connectivity index (χ1n) is 10.2. The summed E-state index contributed by atoms with van der Waals surface area (Å²) in [6.07, 6.45) is 10.1. The molecule has 0 bridgehead atoms. The van der Waals surface area contributed by atoms with Gasteiger partial charge < -0.3 is 10.2 Å². The van der Waals surface area contributed by atoms with Gasteiger partial charge in [0.15, 0.2) is 5.65 Å². The maximum atomic E-state index is 11.8. The number of pyridine rings is 2. The highest BCUT2D eigenvalue weighted by Crippen LogP contribution is 2.25. The summed E-state index contributed by atoms with van der Waals surface area (Å²) in [4.78, 5) is 26.0. The third-order valence-electron chi connectivity index (χ3n) is 5.07. The van der Waals surface area contributed by atoms with Crippen LogP contribution in [0.4, 0.5) is 10.7 Å². The van der Waals surface area contributed by atoms with Crippen molar-refractivity contribution >= 4 is 23.8 Å². The van der Waals surface area contributed by atoms with Crippen molar-refractivity contribution in [2.45, 2.75) is 32.6 Å². The summed E-state index contributed by atoms with van der Waals surface area (Å²) in [6.45, 7) is 2.99. The van der Waals surface area contributed by atoms with Gasteiger partial charge in [0.05, 0.1) is 11.9 Å². The lowest BCUT2D eigenvalue weighted by atomic mass is 10.1. The number of carbonyl (C=O) groups is 1. The van der Waals surface area contributed by atoms with E-state index in [-0.39, 0.29) is 12.0 Å². The number of urea groups is 1. The van der Waals surface area contributed by atoms with Gasteiger partial charge in [-0.05, 0) is 49.4 Å². The summed E-state index contributed by atoms with van der Waals surface area (Å²) < 4.78 is 1.63. The largest absolute Gasteiger partial charge is 0.395 e. The number of aromatic nitrogens is 4. The Balaban J connectivity index is 1.62. The van der Waals surface area contributed by atoms with E-state index in [1.54, 1.807) is 23.1 Å². The van der Waals surface area contributed by atoms with Crippen LogP contribution in [0.15, 0.2) is 41.8 Å².